The SMILES string of the molecule is [N-]=[N+]=NCCC#Cc1ccc(O)c(C=O)c1. The van der Waals surface area contributed by atoms with Crippen LogP contribution in [0.3, 0.4) is 0 Å². The second-order valence-electron chi connectivity index (χ2n) is 2.90. The van der Waals surface area contributed by atoms with Gasteiger partial charge in [0.2, 0.25) is 0 Å². The van der Waals surface area contributed by atoms with Crippen molar-refractivity contribution in [1.82, 2.24) is 0 Å². The lowest BCUT2D eigenvalue weighted by atomic mass is 10.1. The van der Waals surface area contributed by atoms with Crippen LogP contribution in [0.5, 0.6) is 5.75 Å². The molecule has 0 heterocycles. The maximum Gasteiger partial charge on any atom is 0.153 e. The summed E-state index contributed by atoms with van der Waals surface area (Å²) in [7, 11) is 0. The van der Waals surface area contributed by atoms with Crippen LogP contribution in [0.2, 0.25) is 0 Å². The Hall–Kier alpha value is -2.44. The molecule has 0 aromatic heterocycles. The van der Waals surface area contributed by atoms with Crippen LogP contribution in [0, 0.1) is 11.8 Å². The molecule has 0 aliphatic rings. The highest BCUT2D eigenvalue weighted by atomic mass is 16.3. The van der Waals surface area contributed by atoms with E-state index in [4.69, 9.17) is 5.53 Å². The first-order valence-electron chi connectivity index (χ1n) is 4.56. The molecule has 0 spiro atoms. The Kier molecular flexibility index (Phi) is 4.45. The van der Waals surface area contributed by atoms with E-state index in [0.29, 0.717) is 24.8 Å². The smallest absolute Gasteiger partial charge is 0.153 e. The Morgan fingerprint density at radius 1 is 1.56 bits per heavy atom. The molecular formula is C11H9N3O2. The lowest BCUT2D eigenvalue weighted by Crippen LogP contribution is -1.83. The second kappa shape index (κ2) is 6.12. The first-order chi connectivity index (χ1) is 7.77. The number of carbonyl (C=O) groups excluding carboxylic acids is 1. The third-order valence-corrected chi connectivity index (χ3v) is 1.79. The predicted molar refractivity (Wildman–Crippen MR) is 59.0 cm³/mol. The maximum absolute atomic E-state index is 10.5. The molecule has 1 N–H and O–H groups in total. The number of azide groups is 1. The number of nitrogens with zero attached hydrogens (tertiary/aromatic N) is 3. The van der Waals surface area contributed by atoms with E-state index in [9.17, 15) is 9.90 Å². The molecule has 1 aromatic carbocycles. The van der Waals surface area contributed by atoms with Gasteiger partial charge in [-0.15, -0.1) is 0 Å². The van der Waals surface area contributed by atoms with E-state index >= 15 is 0 Å². The molecule has 0 unspecified atom stereocenters. The van der Waals surface area contributed by atoms with Crippen LogP contribution in [-0.4, -0.2) is 17.9 Å². The zero-order valence-corrected chi connectivity index (χ0v) is 8.42. The number of phenols is 1. The average molecular weight is 215 g/mol. The van der Waals surface area contributed by atoms with E-state index in [1.165, 1.54) is 12.1 Å². The Bertz CT molecular complexity index is 494. The minimum absolute atomic E-state index is 0.0605. The van der Waals surface area contributed by atoms with Gasteiger partial charge in [-0.1, -0.05) is 17.0 Å². The third kappa shape index (κ3) is 3.37. The van der Waals surface area contributed by atoms with Crippen LogP contribution < -0.4 is 0 Å². The number of aldehydes is 1. The fourth-order valence-corrected chi connectivity index (χ4v) is 1.04. The zero-order chi connectivity index (χ0) is 11.8. The van der Waals surface area contributed by atoms with Gasteiger partial charge >= 0.3 is 0 Å². The molecule has 80 valence electrons. The molecule has 0 fully saturated rings. The molecule has 5 nitrogen and oxygen atoms in total. The van der Waals surface area contributed by atoms with Crippen molar-refractivity contribution in [3.8, 4) is 17.6 Å². The number of aromatic hydroxyl groups is 1. The van der Waals surface area contributed by atoms with Crippen molar-refractivity contribution in [2.75, 3.05) is 6.54 Å². The molecule has 16 heavy (non-hydrogen) atoms. The fraction of sp³-hybridized carbons (Fsp3) is 0.182. The molecule has 1 aromatic rings. The number of phenolic OH excluding ortho intramolecular Hbond substituents is 1. The third-order valence-electron chi connectivity index (χ3n) is 1.79. The van der Waals surface area contributed by atoms with Gasteiger partial charge in [0.25, 0.3) is 0 Å². The van der Waals surface area contributed by atoms with Crippen molar-refractivity contribution < 1.29 is 9.90 Å². The summed E-state index contributed by atoms with van der Waals surface area (Å²) in [5, 5.41) is 12.6. The van der Waals surface area contributed by atoms with E-state index in [1.807, 2.05) is 0 Å². The van der Waals surface area contributed by atoms with Crippen molar-refractivity contribution >= 4 is 6.29 Å². The molecule has 1 rings (SSSR count). The summed E-state index contributed by atoms with van der Waals surface area (Å²) in [5.41, 5.74) is 8.87. The summed E-state index contributed by atoms with van der Waals surface area (Å²) in [5.74, 6) is 5.54. The maximum atomic E-state index is 10.5. The Balaban J connectivity index is 2.73. The van der Waals surface area contributed by atoms with E-state index in [0.717, 1.165) is 0 Å². The molecule has 0 atom stereocenters. The standard InChI is InChI=1S/C11H9N3O2/c12-14-13-6-2-1-3-9-4-5-11(16)10(7-9)8-15/h4-5,7-8,16H,2,6H2. The van der Waals surface area contributed by atoms with Crippen molar-refractivity contribution in [3.05, 3.63) is 39.8 Å². The fourth-order valence-electron chi connectivity index (χ4n) is 1.04. The largest absolute Gasteiger partial charge is 0.507 e. The number of rotatable bonds is 3. The van der Waals surface area contributed by atoms with Crippen molar-refractivity contribution in [2.45, 2.75) is 6.42 Å². The predicted octanol–water partition coefficient (Wildman–Crippen LogP) is 2.26. The molecule has 0 saturated carbocycles. The van der Waals surface area contributed by atoms with Gasteiger partial charge in [0, 0.05) is 23.4 Å². The van der Waals surface area contributed by atoms with Crippen LogP contribution >= 0.6 is 0 Å². The van der Waals surface area contributed by atoms with Gasteiger partial charge in [-0.05, 0) is 23.7 Å². The quantitative estimate of drug-likeness (QED) is 0.209. The number of benzene rings is 1. The normalized spacial score (nSPS) is 8.50. The van der Waals surface area contributed by atoms with Crippen molar-refractivity contribution in [1.29, 1.82) is 0 Å². The minimum Gasteiger partial charge on any atom is -0.507 e. The summed E-state index contributed by atoms with van der Waals surface area (Å²) >= 11 is 0. The van der Waals surface area contributed by atoms with Gasteiger partial charge in [0.1, 0.15) is 5.75 Å². The molecule has 0 amide bonds. The van der Waals surface area contributed by atoms with Crippen molar-refractivity contribution in [2.24, 2.45) is 5.11 Å². The summed E-state index contributed by atoms with van der Waals surface area (Å²) in [6.07, 6.45) is 1.03. The number of hydrogen-bond donors (Lipinski definition) is 1. The van der Waals surface area contributed by atoms with Gasteiger partial charge in [0.05, 0.1) is 5.56 Å². The van der Waals surface area contributed by atoms with Crippen LogP contribution in [0.15, 0.2) is 23.3 Å². The molecular weight excluding hydrogens is 206 g/mol. The van der Waals surface area contributed by atoms with Gasteiger partial charge < -0.3 is 5.11 Å². The highest BCUT2D eigenvalue weighted by Gasteiger charge is 1.98. The summed E-state index contributed by atoms with van der Waals surface area (Å²) < 4.78 is 0. The van der Waals surface area contributed by atoms with Crippen LogP contribution in [0.1, 0.15) is 22.3 Å². The van der Waals surface area contributed by atoms with E-state index in [2.05, 4.69) is 21.9 Å². The van der Waals surface area contributed by atoms with Gasteiger partial charge in [0.15, 0.2) is 6.29 Å². The molecule has 0 radical (unpaired) electrons. The highest BCUT2D eigenvalue weighted by molar-refractivity contribution is 5.79. The lowest BCUT2D eigenvalue weighted by molar-refractivity contribution is 0.112. The highest BCUT2D eigenvalue weighted by Crippen LogP contribution is 2.15. The molecule has 0 bridgehead atoms. The van der Waals surface area contributed by atoms with Crippen LogP contribution in [0.4, 0.5) is 0 Å². The average Bonchev–Trinajstić information content (AvgIpc) is 2.31. The molecule has 0 aliphatic carbocycles. The molecule has 5 heteroatoms. The molecule has 0 aliphatic heterocycles. The number of hydrogen-bond acceptors (Lipinski definition) is 3. The van der Waals surface area contributed by atoms with E-state index < -0.39 is 0 Å². The van der Waals surface area contributed by atoms with Gasteiger partial charge in [-0.2, -0.15) is 0 Å². The zero-order valence-electron chi connectivity index (χ0n) is 8.42. The Morgan fingerprint density at radius 2 is 2.38 bits per heavy atom. The first kappa shape index (κ1) is 11.6. The second-order valence-corrected chi connectivity index (χ2v) is 2.90. The van der Waals surface area contributed by atoms with Gasteiger partial charge in [-0.25, -0.2) is 0 Å². The Morgan fingerprint density at radius 3 is 3.06 bits per heavy atom. The first-order valence-corrected chi connectivity index (χ1v) is 4.56. The summed E-state index contributed by atoms with van der Waals surface area (Å²) in [6.45, 7) is 0.322. The topological polar surface area (TPSA) is 86.1 Å². The summed E-state index contributed by atoms with van der Waals surface area (Å²) in [4.78, 5) is 13.1. The lowest BCUT2D eigenvalue weighted by Gasteiger charge is -1.96. The Labute approximate surface area is 92.3 Å². The monoisotopic (exact) mass is 215 g/mol. The van der Waals surface area contributed by atoms with E-state index in [1.54, 1.807) is 6.07 Å². The summed E-state index contributed by atoms with van der Waals surface area (Å²) in [6, 6.07) is 4.53. The van der Waals surface area contributed by atoms with Crippen molar-refractivity contribution in [3.63, 3.8) is 0 Å². The van der Waals surface area contributed by atoms with Gasteiger partial charge in [-0.3, -0.25) is 4.79 Å². The molecule has 0 saturated heterocycles. The number of carbonyl (C=O) groups is 1. The van der Waals surface area contributed by atoms with Crippen LogP contribution in [-0.2, 0) is 0 Å². The van der Waals surface area contributed by atoms with E-state index in [-0.39, 0.29) is 11.3 Å². The van der Waals surface area contributed by atoms with Crippen LogP contribution in [0.25, 0.3) is 10.4 Å². The minimum atomic E-state index is -0.0605.